The van der Waals surface area contributed by atoms with E-state index in [0.29, 0.717) is 38.4 Å². The maximum atomic E-state index is 14.5. The predicted octanol–water partition coefficient (Wildman–Crippen LogP) is 8.99. The number of ether oxygens (including phenoxy) is 1. The number of carbonyl (C=O) groups is 2. The number of ketones is 1. The molecule has 10 rings (SSSR count). The second-order valence-electron chi connectivity index (χ2n) is 16.5. The first kappa shape index (κ1) is 39.5. The van der Waals surface area contributed by atoms with Crippen LogP contribution >= 0.6 is 42.6 Å². The molecule has 3 aromatic carbocycles. The highest BCUT2D eigenvalue weighted by atomic mass is 35.5. The number of aromatic nitrogens is 3. The number of amides is 1. The van der Waals surface area contributed by atoms with Crippen LogP contribution in [0.25, 0.3) is 44.9 Å². The van der Waals surface area contributed by atoms with Gasteiger partial charge in [0.1, 0.15) is 28.5 Å². The minimum absolute atomic E-state index is 0.0384. The maximum Gasteiger partial charge on any atom is 0.470 e. The molecular weight excluding hydrogens is 856 g/mol. The number of halogens is 3. The van der Waals surface area contributed by atoms with Gasteiger partial charge in [0.05, 0.1) is 11.1 Å². The Bertz CT molecular complexity index is 2900. The van der Waals surface area contributed by atoms with E-state index in [0.717, 1.165) is 33.3 Å². The number of phosphoric ester groups is 1. The highest BCUT2D eigenvalue weighted by Gasteiger charge is 2.62. The van der Waals surface area contributed by atoms with Crippen LogP contribution in [0.2, 0.25) is 15.3 Å². The van der Waals surface area contributed by atoms with Gasteiger partial charge in [0.15, 0.2) is 34.4 Å². The van der Waals surface area contributed by atoms with Gasteiger partial charge in [-0.05, 0) is 53.6 Å². The first-order valence-corrected chi connectivity index (χ1v) is 22.1. The van der Waals surface area contributed by atoms with Crippen LogP contribution < -0.4 is 15.4 Å². The molecule has 18 heteroatoms. The summed E-state index contributed by atoms with van der Waals surface area (Å²) in [6, 6.07) is 14.4. The largest absolute Gasteiger partial charge is 0.470 e. The van der Waals surface area contributed by atoms with Crippen molar-refractivity contribution in [1.82, 2.24) is 19.9 Å². The van der Waals surface area contributed by atoms with Gasteiger partial charge < -0.3 is 38.6 Å². The number of phosphoric acid groups is 1. The maximum absolute atomic E-state index is 14.5. The van der Waals surface area contributed by atoms with Crippen molar-refractivity contribution in [2.24, 2.45) is 24.8 Å². The van der Waals surface area contributed by atoms with Crippen molar-refractivity contribution >= 4 is 70.9 Å². The van der Waals surface area contributed by atoms with Gasteiger partial charge in [-0.2, -0.15) is 4.98 Å². The van der Waals surface area contributed by atoms with E-state index in [1.54, 1.807) is 13.8 Å². The number of oxazole rings is 2. The summed E-state index contributed by atoms with van der Waals surface area (Å²) < 4.78 is 39.2. The molecule has 0 saturated heterocycles. The van der Waals surface area contributed by atoms with Crippen molar-refractivity contribution in [3.05, 3.63) is 92.2 Å². The van der Waals surface area contributed by atoms with Gasteiger partial charge in [-0.1, -0.05) is 86.8 Å². The topological polar surface area (TPSA) is 191 Å². The van der Waals surface area contributed by atoms with Crippen LogP contribution in [0.3, 0.4) is 0 Å². The summed E-state index contributed by atoms with van der Waals surface area (Å²) in [5.41, 5.74) is 4.59. The molecular formula is C42H37Cl3N5O9P. The molecule has 310 valence electrons. The predicted molar refractivity (Wildman–Crippen MR) is 223 cm³/mol. The molecule has 0 radical (unpaired) electrons. The van der Waals surface area contributed by atoms with E-state index in [-0.39, 0.29) is 47.1 Å². The molecule has 0 aliphatic carbocycles. The number of nitrogens with one attached hydrogen (secondary N) is 2. The second-order valence-corrected chi connectivity index (χ2v) is 18.9. The molecule has 0 fully saturated rings. The monoisotopic (exact) mass is 891 g/mol. The molecule has 7 heterocycles. The molecule has 4 aliphatic rings. The van der Waals surface area contributed by atoms with Crippen molar-refractivity contribution < 1.29 is 42.0 Å². The van der Waals surface area contributed by atoms with Crippen LogP contribution in [-0.4, -0.2) is 48.3 Å². The van der Waals surface area contributed by atoms with E-state index < -0.39 is 55.1 Å². The zero-order valence-electron chi connectivity index (χ0n) is 32.7. The Hall–Kier alpha value is -4.66. The van der Waals surface area contributed by atoms with Crippen molar-refractivity contribution in [1.29, 1.82) is 0 Å². The number of fused-ring (bicyclic) bond motifs is 7. The van der Waals surface area contributed by atoms with E-state index in [1.165, 1.54) is 0 Å². The molecule has 5 atom stereocenters. The lowest BCUT2D eigenvalue weighted by molar-refractivity contribution is -0.134. The highest BCUT2D eigenvalue weighted by Crippen LogP contribution is 2.62. The van der Waals surface area contributed by atoms with Crippen molar-refractivity contribution in [3.8, 4) is 39.8 Å². The van der Waals surface area contributed by atoms with Gasteiger partial charge >= 0.3 is 7.82 Å². The molecule has 1 amide bonds. The normalized spacial score (nSPS) is 21.6. The summed E-state index contributed by atoms with van der Waals surface area (Å²) in [6.07, 6.45) is -2.57. The summed E-state index contributed by atoms with van der Waals surface area (Å²) in [7, 11) is -3.19. The highest BCUT2D eigenvalue weighted by molar-refractivity contribution is 7.46. The number of Topliss-reactive ketones (excluding diaryl/α,β-unsaturated/α-hetero) is 1. The first-order chi connectivity index (χ1) is 28.5. The third kappa shape index (κ3) is 5.76. The van der Waals surface area contributed by atoms with Gasteiger partial charge in [-0.15, -0.1) is 0 Å². The Morgan fingerprint density at radius 2 is 1.82 bits per heavy atom. The zero-order chi connectivity index (χ0) is 42.3. The lowest BCUT2D eigenvalue weighted by Crippen LogP contribution is -2.41. The summed E-state index contributed by atoms with van der Waals surface area (Å²) in [5.74, 6) is -1.80. The average Bonchev–Trinajstić information content (AvgIpc) is 3.98. The fourth-order valence-corrected chi connectivity index (χ4v) is 10.7. The van der Waals surface area contributed by atoms with Gasteiger partial charge in [0.25, 0.3) is 5.89 Å². The van der Waals surface area contributed by atoms with Crippen LogP contribution in [0.4, 0.5) is 5.69 Å². The lowest BCUT2D eigenvalue weighted by Gasteiger charge is -2.29. The number of rotatable bonds is 7. The first-order valence-electron chi connectivity index (χ1n) is 19.4. The minimum Gasteiger partial charge on any atom is -0.469 e. The Morgan fingerprint density at radius 1 is 1.03 bits per heavy atom. The fraction of sp³-hybridized carbons (Fsp3) is 0.333. The summed E-state index contributed by atoms with van der Waals surface area (Å²) in [6.45, 7) is 7.02. The fourth-order valence-electron chi connectivity index (χ4n) is 9.39. The number of aryl methyl sites for hydroxylation is 1. The molecule has 1 spiro atoms. The number of carbonyl (C=O) groups excluding carboxylic acids is 2. The lowest BCUT2D eigenvalue weighted by atomic mass is 9.72. The Morgan fingerprint density at radius 3 is 2.55 bits per heavy atom. The third-order valence-electron chi connectivity index (χ3n) is 12.1. The Balaban J connectivity index is 1.26. The van der Waals surface area contributed by atoms with Crippen molar-refractivity contribution in [3.63, 3.8) is 0 Å². The standard InChI is InChI=1S/C42H37Cl3N5O9P/c1-16(2)30-39-47-32-35(58-39)42-23-12-18(11-19(38(52)46-30)13-26(51)33(17(3)4)59-60(53,54)55)9-10-27(23)56-41(42)48-31-22(14-20(43)15-24(31)42)21-7-6-8-25-28(21)29(37(45)50(25)5)34-36(44)49-40(32)57-34/h6-10,12,14-17,19,30,33,41,48H,11,13H2,1-5H3,(H,46,52)(H2,53,54,55)/t19-,30+,33+,41?,42-/m1/s1. The SMILES string of the molecule is CC(C)[C@H](OP(=O)(O)O)C(=O)C[C@H]1Cc2ccc3c(c2)[C@]24c5cc(Cl)cc(c5NC2O3)-c2cccc3c2c(c(Cl)n3C)-c2oc(nc2Cl)-c2nc(oc24)[C@H](C(C)C)NC1=O. The van der Waals surface area contributed by atoms with E-state index in [4.69, 9.17) is 62.9 Å². The number of benzene rings is 3. The average molecular weight is 893 g/mol. The van der Waals surface area contributed by atoms with Gasteiger partial charge in [0, 0.05) is 52.2 Å². The number of hydrogen-bond acceptors (Lipinski definition) is 10. The van der Waals surface area contributed by atoms with Crippen molar-refractivity contribution in [2.75, 3.05) is 5.32 Å². The van der Waals surface area contributed by atoms with E-state index >= 15 is 0 Å². The number of nitrogens with zero attached hydrogens (tertiary/aromatic N) is 3. The summed E-state index contributed by atoms with van der Waals surface area (Å²) in [5, 5.41) is 8.40. The minimum atomic E-state index is -5.04. The van der Waals surface area contributed by atoms with Crippen LogP contribution in [0, 0.1) is 17.8 Å². The molecule has 10 bridgehead atoms. The van der Waals surface area contributed by atoms with Crippen molar-refractivity contribution in [2.45, 2.75) is 64.3 Å². The molecule has 4 aliphatic heterocycles. The third-order valence-corrected chi connectivity index (χ3v) is 13.5. The summed E-state index contributed by atoms with van der Waals surface area (Å²) in [4.78, 5) is 57.4. The molecule has 6 aromatic rings. The molecule has 0 saturated carbocycles. The molecule has 14 nitrogen and oxygen atoms in total. The molecule has 60 heavy (non-hydrogen) atoms. The Labute approximate surface area is 357 Å². The Kier molecular flexibility index (Phi) is 8.99. The van der Waals surface area contributed by atoms with E-state index in [2.05, 4.69) is 10.6 Å². The van der Waals surface area contributed by atoms with Crippen LogP contribution in [0.5, 0.6) is 5.75 Å². The van der Waals surface area contributed by atoms with Crippen LogP contribution in [0.1, 0.15) is 68.5 Å². The quantitative estimate of drug-likeness (QED) is 0.111. The van der Waals surface area contributed by atoms with Gasteiger partial charge in [-0.3, -0.25) is 14.1 Å². The second kappa shape index (κ2) is 13.7. The zero-order valence-corrected chi connectivity index (χ0v) is 35.8. The number of anilines is 1. The summed E-state index contributed by atoms with van der Waals surface area (Å²) >= 11 is 21.3. The molecule has 3 aromatic heterocycles. The molecule has 1 unspecified atom stereocenters. The van der Waals surface area contributed by atoms with E-state index in [9.17, 15) is 23.9 Å². The van der Waals surface area contributed by atoms with Gasteiger partial charge in [-0.25, -0.2) is 9.55 Å². The van der Waals surface area contributed by atoms with E-state index in [1.807, 2.05) is 74.0 Å². The number of hydrogen-bond donors (Lipinski definition) is 4. The smallest absolute Gasteiger partial charge is 0.469 e. The van der Waals surface area contributed by atoms with Crippen LogP contribution in [0.15, 0.2) is 57.4 Å². The van der Waals surface area contributed by atoms with Crippen LogP contribution in [-0.2, 0) is 37.6 Å². The molecule has 4 N–H and O–H groups in total. The van der Waals surface area contributed by atoms with Gasteiger partial charge in [0.2, 0.25) is 11.8 Å².